The van der Waals surface area contributed by atoms with Crippen LogP contribution in [0, 0.1) is 28.4 Å². The lowest BCUT2D eigenvalue weighted by Crippen LogP contribution is -2.34. The van der Waals surface area contributed by atoms with E-state index >= 15 is 0 Å². The Kier molecular flexibility index (Phi) is 6.53. The number of nitrogens with one attached hydrogen (secondary N) is 1. The third-order valence-electron chi connectivity index (χ3n) is 3.99. The van der Waals surface area contributed by atoms with Crippen molar-refractivity contribution in [3.05, 3.63) is 70.3 Å². The average molecular weight is 357 g/mol. The van der Waals surface area contributed by atoms with Crippen LogP contribution in [-0.4, -0.2) is 18.6 Å². The second kappa shape index (κ2) is 8.83. The number of pyridine rings is 1. The van der Waals surface area contributed by atoms with Gasteiger partial charge in [-0.05, 0) is 35.5 Å². The third-order valence-corrected chi connectivity index (χ3v) is 3.99. The number of piperidine rings is 1. The Morgan fingerprint density at radius 2 is 1.85 bits per heavy atom. The number of aromatic amines is 1. The largest absolute Gasteiger partial charge is 0.870 e. The molecule has 0 unspecified atom stereocenters. The van der Waals surface area contributed by atoms with Crippen LogP contribution in [0.2, 0.25) is 0 Å². The van der Waals surface area contributed by atoms with Crippen molar-refractivity contribution in [1.82, 2.24) is 0 Å². The number of aromatic nitrogens is 1. The average Bonchev–Trinajstić information content (AvgIpc) is 2.61. The zero-order valence-corrected chi connectivity index (χ0v) is 13.9. The van der Waals surface area contributed by atoms with Gasteiger partial charge in [0.05, 0.1) is 19.3 Å². The number of hydrogen-bond donors (Lipinski definition) is 0. The molecule has 2 N–H and O–H groups in total. The quantitative estimate of drug-likeness (QED) is 0.609. The number of allylic oxidation sites excluding steroid dienone is 1. The number of anilines is 1. The number of H-pyrrole nitrogens is 1. The van der Waals surface area contributed by atoms with Crippen molar-refractivity contribution in [2.24, 2.45) is 5.18 Å². The third kappa shape index (κ3) is 4.71. The summed E-state index contributed by atoms with van der Waals surface area (Å²) in [6.45, 7) is 1.48. The van der Waals surface area contributed by atoms with Crippen LogP contribution < -0.4 is 9.88 Å². The molecular formula is C19H17F2N3O2. The number of hydrogen-bond acceptors (Lipinski definition) is 4. The molecule has 7 heteroatoms. The first-order valence-corrected chi connectivity index (χ1v) is 7.90. The van der Waals surface area contributed by atoms with Crippen LogP contribution in [0.25, 0.3) is 0 Å². The van der Waals surface area contributed by atoms with Gasteiger partial charge in [0.1, 0.15) is 11.6 Å². The van der Waals surface area contributed by atoms with E-state index in [1.165, 1.54) is 12.1 Å². The lowest BCUT2D eigenvalue weighted by Gasteiger charge is -2.23. The smallest absolute Gasteiger partial charge is 0.304 e. The fourth-order valence-corrected chi connectivity index (χ4v) is 2.76. The standard InChI is InChI=1S/C19H15F2N3O.H2O/c20-16-11-15(12-17(21)13-16)4-1-3-14-6-9-24(10-7-14)19-18(23-25)5-2-8-22-19;/h2-3,5,8,11-13H,6-7,9-10H2;1H2. The van der Waals surface area contributed by atoms with Gasteiger partial charge in [-0.25, -0.2) is 13.8 Å². The molecule has 0 aliphatic carbocycles. The molecule has 1 aromatic carbocycles. The fraction of sp³-hybridized carbons (Fsp3) is 0.211. The summed E-state index contributed by atoms with van der Waals surface area (Å²) < 4.78 is 26.2. The van der Waals surface area contributed by atoms with Gasteiger partial charge in [0.15, 0.2) is 5.69 Å². The molecule has 0 atom stereocenters. The highest BCUT2D eigenvalue weighted by Crippen LogP contribution is 2.26. The molecule has 1 aliphatic heterocycles. The van der Waals surface area contributed by atoms with Crippen molar-refractivity contribution < 1.29 is 19.2 Å². The van der Waals surface area contributed by atoms with Gasteiger partial charge in [-0.2, -0.15) is 0 Å². The predicted molar refractivity (Wildman–Crippen MR) is 93.2 cm³/mol. The molecule has 2 heterocycles. The van der Waals surface area contributed by atoms with Gasteiger partial charge in [-0.3, -0.25) is 4.90 Å². The molecular weight excluding hydrogens is 340 g/mol. The minimum atomic E-state index is -0.635. The second-order valence-electron chi connectivity index (χ2n) is 5.71. The van der Waals surface area contributed by atoms with Crippen LogP contribution in [0.4, 0.5) is 20.3 Å². The second-order valence-corrected chi connectivity index (χ2v) is 5.71. The van der Waals surface area contributed by atoms with E-state index in [4.69, 9.17) is 0 Å². The van der Waals surface area contributed by atoms with Gasteiger partial charge in [-0.15, -0.1) is 4.91 Å². The highest BCUT2D eigenvalue weighted by atomic mass is 19.1. The minimum absolute atomic E-state index is 0. The van der Waals surface area contributed by atoms with Crippen LogP contribution in [-0.2, 0) is 0 Å². The molecule has 1 aliphatic rings. The van der Waals surface area contributed by atoms with Crippen LogP contribution in [0.1, 0.15) is 18.4 Å². The Morgan fingerprint density at radius 3 is 2.50 bits per heavy atom. The van der Waals surface area contributed by atoms with Gasteiger partial charge in [0.25, 0.3) is 0 Å². The lowest BCUT2D eigenvalue weighted by atomic mass is 10.0. The first-order chi connectivity index (χ1) is 12.2. The first kappa shape index (κ1) is 19.2. The van der Waals surface area contributed by atoms with Crippen molar-refractivity contribution in [3.63, 3.8) is 0 Å². The molecule has 0 spiro atoms. The van der Waals surface area contributed by atoms with Gasteiger partial charge in [0, 0.05) is 24.5 Å². The van der Waals surface area contributed by atoms with Gasteiger partial charge in [-0.1, -0.05) is 17.4 Å². The molecule has 0 bridgehead atoms. The maximum absolute atomic E-state index is 13.1. The summed E-state index contributed by atoms with van der Waals surface area (Å²) in [6, 6.07) is 6.64. The molecule has 3 rings (SSSR count). The molecule has 2 aromatic rings. The van der Waals surface area contributed by atoms with E-state index in [1.807, 2.05) is 0 Å². The molecule has 134 valence electrons. The van der Waals surface area contributed by atoms with E-state index in [9.17, 15) is 13.7 Å². The zero-order valence-electron chi connectivity index (χ0n) is 13.9. The maximum atomic E-state index is 13.1. The summed E-state index contributed by atoms with van der Waals surface area (Å²) in [5.41, 5.74) is 1.87. The Bertz CT molecular complexity index is 858. The molecule has 0 amide bonds. The first-order valence-electron chi connectivity index (χ1n) is 7.90. The van der Waals surface area contributed by atoms with Crippen LogP contribution in [0.3, 0.4) is 0 Å². The van der Waals surface area contributed by atoms with Gasteiger partial charge >= 0.3 is 5.82 Å². The highest BCUT2D eigenvalue weighted by molar-refractivity contribution is 5.58. The van der Waals surface area contributed by atoms with Crippen molar-refractivity contribution >= 4 is 11.5 Å². The summed E-state index contributed by atoms with van der Waals surface area (Å²) in [5, 5.41) is 3.04. The van der Waals surface area contributed by atoms with E-state index in [0.29, 0.717) is 11.3 Å². The number of benzene rings is 1. The maximum Gasteiger partial charge on any atom is 0.304 e. The number of nitrogens with zero attached hydrogens (tertiary/aromatic N) is 2. The molecule has 1 saturated heterocycles. The molecule has 1 aromatic heterocycles. The molecule has 26 heavy (non-hydrogen) atoms. The summed E-state index contributed by atoms with van der Waals surface area (Å²) in [7, 11) is 0. The number of nitroso groups, excluding NO2 is 1. The fourth-order valence-electron chi connectivity index (χ4n) is 2.76. The molecule has 0 saturated carbocycles. The summed E-state index contributed by atoms with van der Waals surface area (Å²) in [6.07, 6.45) is 5.16. The van der Waals surface area contributed by atoms with E-state index in [2.05, 4.69) is 26.9 Å². The van der Waals surface area contributed by atoms with Gasteiger partial charge in [0.2, 0.25) is 0 Å². The summed E-state index contributed by atoms with van der Waals surface area (Å²) in [5.74, 6) is 5.06. The van der Waals surface area contributed by atoms with Gasteiger partial charge < -0.3 is 5.48 Å². The van der Waals surface area contributed by atoms with Crippen molar-refractivity contribution in [3.8, 4) is 11.8 Å². The van der Waals surface area contributed by atoms with E-state index in [1.54, 1.807) is 24.4 Å². The molecule has 1 fully saturated rings. The summed E-state index contributed by atoms with van der Waals surface area (Å²) in [4.78, 5) is 16.0. The van der Waals surface area contributed by atoms with Crippen molar-refractivity contribution in [2.45, 2.75) is 12.8 Å². The van der Waals surface area contributed by atoms with Crippen LogP contribution >= 0.6 is 0 Å². The lowest BCUT2D eigenvalue weighted by molar-refractivity contribution is -0.363. The normalized spacial score (nSPS) is 13.3. The Hall–Kier alpha value is -3.11. The van der Waals surface area contributed by atoms with Crippen LogP contribution in [0.5, 0.6) is 0 Å². The van der Waals surface area contributed by atoms with Crippen molar-refractivity contribution in [1.29, 1.82) is 0 Å². The van der Waals surface area contributed by atoms with Crippen LogP contribution in [0.15, 0.2) is 53.4 Å². The van der Waals surface area contributed by atoms with Crippen molar-refractivity contribution in [2.75, 3.05) is 18.0 Å². The molecule has 0 radical (unpaired) electrons. The summed E-state index contributed by atoms with van der Waals surface area (Å²) >= 11 is 0. The minimum Gasteiger partial charge on any atom is -0.870 e. The Morgan fingerprint density at radius 1 is 1.15 bits per heavy atom. The SMILES string of the molecule is O=Nc1ccc[nH+]c1N1CCC(=CC#Cc2cc(F)cc(F)c2)CC1.[OH-]. The van der Waals surface area contributed by atoms with E-state index < -0.39 is 11.6 Å². The number of rotatable bonds is 2. The van der Waals surface area contributed by atoms with E-state index in [-0.39, 0.29) is 5.48 Å². The monoisotopic (exact) mass is 357 g/mol. The topological polar surface area (TPSA) is 76.8 Å². The number of halogens is 2. The molecule has 5 nitrogen and oxygen atoms in total. The Labute approximate surface area is 149 Å². The Balaban J connectivity index is 0.00000243. The van der Waals surface area contributed by atoms with E-state index in [0.717, 1.165) is 43.4 Å². The zero-order chi connectivity index (χ0) is 17.6. The predicted octanol–water partition coefficient (Wildman–Crippen LogP) is 3.58. The highest BCUT2D eigenvalue weighted by Gasteiger charge is 2.24.